The zero-order chi connectivity index (χ0) is 12.2. The maximum atomic E-state index is 10.9. The maximum absolute atomic E-state index is 10.9. The molecule has 3 nitrogen and oxygen atoms in total. The van der Waals surface area contributed by atoms with Gasteiger partial charge in [0.1, 0.15) is 0 Å². The largest absolute Gasteiger partial charge is 0.393 e. The van der Waals surface area contributed by atoms with E-state index in [2.05, 4.69) is 12.2 Å². The van der Waals surface area contributed by atoms with Crippen LogP contribution >= 0.6 is 0 Å². The molecule has 0 saturated carbocycles. The molecule has 96 valence electrons. The highest BCUT2D eigenvalue weighted by Gasteiger charge is 2.05. The van der Waals surface area contributed by atoms with Crippen molar-refractivity contribution in [2.75, 3.05) is 7.05 Å². The normalized spacial score (nSPS) is 12.4. The molecule has 0 aliphatic rings. The first-order chi connectivity index (χ1) is 7.70. The summed E-state index contributed by atoms with van der Waals surface area (Å²) in [6.07, 6.45) is 8.91. The van der Waals surface area contributed by atoms with Crippen molar-refractivity contribution in [3.05, 3.63) is 0 Å². The molecule has 0 unspecified atom stereocenters. The van der Waals surface area contributed by atoms with Gasteiger partial charge in [0.05, 0.1) is 6.10 Å². The van der Waals surface area contributed by atoms with Crippen LogP contribution in [0.4, 0.5) is 0 Å². The molecular formula is C13H27NO2. The van der Waals surface area contributed by atoms with Crippen LogP contribution < -0.4 is 5.32 Å². The zero-order valence-corrected chi connectivity index (χ0v) is 10.8. The number of rotatable bonds is 10. The summed E-state index contributed by atoms with van der Waals surface area (Å²) in [4.78, 5) is 10.9. The number of carbonyl (C=O) groups is 1. The first-order valence-electron chi connectivity index (χ1n) is 6.59. The number of hydrogen-bond acceptors (Lipinski definition) is 2. The topological polar surface area (TPSA) is 49.3 Å². The SMILES string of the molecule is CCCCCCC[C@@H](O)CCCC(=O)NC. The van der Waals surface area contributed by atoms with Gasteiger partial charge in [-0.05, 0) is 19.3 Å². The fourth-order valence-corrected chi connectivity index (χ4v) is 1.75. The van der Waals surface area contributed by atoms with Gasteiger partial charge in [0.15, 0.2) is 0 Å². The number of hydrogen-bond donors (Lipinski definition) is 2. The zero-order valence-electron chi connectivity index (χ0n) is 10.8. The number of unbranched alkanes of at least 4 members (excludes halogenated alkanes) is 4. The molecule has 0 aromatic heterocycles. The van der Waals surface area contributed by atoms with Gasteiger partial charge in [0, 0.05) is 13.5 Å². The summed E-state index contributed by atoms with van der Waals surface area (Å²) in [7, 11) is 1.65. The third-order valence-corrected chi connectivity index (χ3v) is 2.86. The van der Waals surface area contributed by atoms with E-state index in [1.54, 1.807) is 7.05 Å². The maximum Gasteiger partial charge on any atom is 0.219 e. The number of amides is 1. The lowest BCUT2D eigenvalue weighted by molar-refractivity contribution is -0.120. The lowest BCUT2D eigenvalue weighted by atomic mass is 10.0. The summed E-state index contributed by atoms with van der Waals surface area (Å²) in [6, 6.07) is 0. The number of aliphatic hydroxyl groups excluding tert-OH is 1. The minimum atomic E-state index is -0.216. The summed E-state index contributed by atoms with van der Waals surface area (Å²) in [5.74, 6) is 0.0649. The molecule has 0 aromatic rings. The number of carbonyl (C=O) groups excluding carboxylic acids is 1. The summed E-state index contributed by atoms with van der Waals surface area (Å²) >= 11 is 0. The Morgan fingerprint density at radius 2 is 1.75 bits per heavy atom. The van der Waals surface area contributed by atoms with Crippen molar-refractivity contribution < 1.29 is 9.90 Å². The van der Waals surface area contributed by atoms with Crippen LogP contribution in [-0.2, 0) is 4.79 Å². The van der Waals surface area contributed by atoms with Gasteiger partial charge in [0.2, 0.25) is 5.91 Å². The van der Waals surface area contributed by atoms with Crippen LogP contribution in [0.25, 0.3) is 0 Å². The van der Waals surface area contributed by atoms with Crippen LogP contribution in [0.3, 0.4) is 0 Å². The second-order valence-electron chi connectivity index (χ2n) is 4.42. The standard InChI is InChI=1S/C13H27NO2/c1-3-4-5-6-7-9-12(15)10-8-11-13(16)14-2/h12,15H,3-11H2,1-2H3,(H,14,16)/t12-/m1/s1. The quantitative estimate of drug-likeness (QED) is 0.566. The molecule has 0 rings (SSSR count). The molecule has 0 saturated heterocycles. The highest BCUT2D eigenvalue weighted by molar-refractivity contribution is 5.75. The Morgan fingerprint density at radius 1 is 1.12 bits per heavy atom. The Balaban J connectivity index is 3.24. The fraction of sp³-hybridized carbons (Fsp3) is 0.923. The average molecular weight is 229 g/mol. The third-order valence-electron chi connectivity index (χ3n) is 2.86. The van der Waals surface area contributed by atoms with E-state index in [4.69, 9.17) is 0 Å². The molecule has 0 fully saturated rings. The monoisotopic (exact) mass is 229 g/mol. The van der Waals surface area contributed by atoms with Crippen molar-refractivity contribution >= 4 is 5.91 Å². The average Bonchev–Trinajstić information content (AvgIpc) is 2.28. The van der Waals surface area contributed by atoms with Gasteiger partial charge in [-0.25, -0.2) is 0 Å². The summed E-state index contributed by atoms with van der Waals surface area (Å²) < 4.78 is 0. The molecule has 1 atom stereocenters. The van der Waals surface area contributed by atoms with E-state index in [9.17, 15) is 9.90 Å². The van der Waals surface area contributed by atoms with E-state index in [0.29, 0.717) is 6.42 Å². The van der Waals surface area contributed by atoms with Crippen molar-refractivity contribution in [1.29, 1.82) is 0 Å². The molecule has 3 heteroatoms. The molecule has 1 amide bonds. The lowest BCUT2D eigenvalue weighted by Gasteiger charge is -2.09. The van der Waals surface area contributed by atoms with Crippen molar-refractivity contribution in [3.63, 3.8) is 0 Å². The van der Waals surface area contributed by atoms with Crippen molar-refractivity contribution in [2.45, 2.75) is 70.8 Å². The first kappa shape index (κ1) is 15.4. The van der Waals surface area contributed by atoms with E-state index < -0.39 is 0 Å². The molecule has 0 aliphatic heterocycles. The lowest BCUT2D eigenvalue weighted by Crippen LogP contribution is -2.18. The van der Waals surface area contributed by atoms with Gasteiger partial charge in [-0.3, -0.25) is 4.79 Å². The van der Waals surface area contributed by atoms with Crippen LogP contribution in [0.1, 0.15) is 64.7 Å². The summed E-state index contributed by atoms with van der Waals surface area (Å²) in [6.45, 7) is 2.20. The summed E-state index contributed by atoms with van der Waals surface area (Å²) in [5.41, 5.74) is 0. The fourth-order valence-electron chi connectivity index (χ4n) is 1.75. The number of aliphatic hydroxyl groups is 1. The van der Waals surface area contributed by atoms with E-state index in [-0.39, 0.29) is 12.0 Å². The molecule has 0 heterocycles. The Morgan fingerprint density at radius 3 is 2.38 bits per heavy atom. The van der Waals surface area contributed by atoms with E-state index in [1.165, 1.54) is 25.7 Å². The Labute approximate surface area is 99.6 Å². The van der Waals surface area contributed by atoms with E-state index in [0.717, 1.165) is 25.7 Å². The Kier molecular flexibility index (Phi) is 10.5. The minimum Gasteiger partial charge on any atom is -0.393 e. The van der Waals surface area contributed by atoms with E-state index in [1.807, 2.05) is 0 Å². The van der Waals surface area contributed by atoms with Gasteiger partial charge < -0.3 is 10.4 Å². The smallest absolute Gasteiger partial charge is 0.219 e. The minimum absolute atomic E-state index is 0.0649. The molecule has 0 aromatic carbocycles. The van der Waals surface area contributed by atoms with Crippen molar-refractivity contribution in [3.8, 4) is 0 Å². The van der Waals surface area contributed by atoms with Crippen LogP contribution in [-0.4, -0.2) is 24.2 Å². The molecule has 0 spiro atoms. The third kappa shape index (κ3) is 9.97. The molecule has 0 bridgehead atoms. The second kappa shape index (κ2) is 10.9. The van der Waals surface area contributed by atoms with Gasteiger partial charge in [-0.15, -0.1) is 0 Å². The summed E-state index contributed by atoms with van der Waals surface area (Å²) in [5, 5.41) is 12.2. The van der Waals surface area contributed by atoms with Crippen molar-refractivity contribution in [1.82, 2.24) is 5.32 Å². The predicted molar refractivity (Wildman–Crippen MR) is 67.3 cm³/mol. The van der Waals surface area contributed by atoms with Crippen LogP contribution in [0, 0.1) is 0 Å². The number of nitrogens with one attached hydrogen (secondary N) is 1. The Hall–Kier alpha value is -0.570. The molecule has 2 N–H and O–H groups in total. The second-order valence-corrected chi connectivity index (χ2v) is 4.42. The first-order valence-corrected chi connectivity index (χ1v) is 6.59. The molecular weight excluding hydrogens is 202 g/mol. The van der Waals surface area contributed by atoms with Gasteiger partial charge in [0.25, 0.3) is 0 Å². The van der Waals surface area contributed by atoms with Gasteiger partial charge in [-0.2, -0.15) is 0 Å². The van der Waals surface area contributed by atoms with Gasteiger partial charge in [-0.1, -0.05) is 39.0 Å². The molecule has 0 aliphatic carbocycles. The molecule has 16 heavy (non-hydrogen) atoms. The van der Waals surface area contributed by atoms with Crippen LogP contribution in [0.2, 0.25) is 0 Å². The van der Waals surface area contributed by atoms with Crippen molar-refractivity contribution in [2.24, 2.45) is 0 Å². The Bertz CT molecular complexity index is 171. The molecule has 0 radical (unpaired) electrons. The van der Waals surface area contributed by atoms with Gasteiger partial charge >= 0.3 is 0 Å². The highest BCUT2D eigenvalue weighted by atomic mass is 16.3. The van der Waals surface area contributed by atoms with E-state index >= 15 is 0 Å². The van der Waals surface area contributed by atoms with Crippen LogP contribution in [0.15, 0.2) is 0 Å². The predicted octanol–water partition coefficient (Wildman–Crippen LogP) is 2.62. The van der Waals surface area contributed by atoms with Crippen LogP contribution in [0.5, 0.6) is 0 Å². The highest BCUT2D eigenvalue weighted by Crippen LogP contribution is 2.11.